The lowest BCUT2D eigenvalue weighted by molar-refractivity contribution is -0.138. The average Bonchev–Trinajstić information content (AvgIpc) is 2.44. The zero-order valence-electron chi connectivity index (χ0n) is 12.7. The van der Waals surface area contributed by atoms with Crippen molar-refractivity contribution in [1.82, 2.24) is 0 Å². The summed E-state index contributed by atoms with van der Waals surface area (Å²) in [6.07, 6.45) is -2.40. The molecule has 118 valence electrons. The second kappa shape index (κ2) is 6.96. The number of benzene rings is 1. The van der Waals surface area contributed by atoms with Crippen LogP contribution in [0.5, 0.6) is 0 Å². The first-order valence-electron chi connectivity index (χ1n) is 7.15. The van der Waals surface area contributed by atoms with Gasteiger partial charge in [0.1, 0.15) is 0 Å². The minimum absolute atomic E-state index is 0.102. The number of hydrogen-bond acceptors (Lipinski definition) is 2. The van der Waals surface area contributed by atoms with E-state index in [1.807, 2.05) is 6.92 Å². The lowest BCUT2D eigenvalue weighted by Crippen LogP contribution is -2.36. The standard InChI is InChI=1S/C16H22F3NO/c1-4-6-11-15(3,14(20)21-5-2)12-9-7-8-10-13(12)16(17,18)19/h7-10,20H,4-6,11H2,1-3H3. The summed E-state index contributed by atoms with van der Waals surface area (Å²) in [6, 6.07) is 5.47. The Balaban J connectivity index is 3.36. The highest BCUT2D eigenvalue weighted by molar-refractivity contribution is 5.85. The van der Waals surface area contributed by atoms with Gasteiger partial charge in [-0.15, -0.1) is 0 Å². The molecule has 0 saturated heterocycles. The van der Waals surface area contributed by atoms with Crippen LogP contribution >= 0.6 is 0 Å². The molecule has 0 radical (unpaired) electrons. The lowest BCUT2D eigenvalue weighted by atomic mass is 9.75. The van der Waals surface area contributed by atoms with E-state index in [1.54, 1.807) is 19.9 Å². The monoisotopic (exact) mass is 301 g/mol. The Labute approximate surface area is 123 Å². The van der Waals surface area contributed by atoms with Gasteiger partial charge >= 0.3 is 6.18 Å². The topological polar surface area (TPSA) is 33.1 Å². The van der Waals surface area contributed by atoms with Crippen molar-refractivity contribution in [2.75, 3.05) is 6.61 Å². The Kier molecular flexibility index (Phi) is 5.81. The van der Waals surface area contributed by atoms with Crippen LogP contribution in [0.15, 0.2) is 24.3 Å². The number of nitrogens with one attached hydrogen (secondary N) is 1. The largest absolute Gasteiger partial charge is 0.481 e. The van der Waals surface area contributed by atoms with Crippen LogP contribution in [0, 0.1) is 5.41 Å². The van der Waals surface area contributed by atoms with Crippen LogP contribution in [0.2, 0.25) is 0 Å². The van der Waals surface area contributed by atoms with Crippen molar-refractivity contribution in [3.05, 3.63) is 35.4 Å². The normalized spacial score (nSPS) is 14.6. The van der Waals surface area contributed by atoms with Gasteiger partial charge in [-0.25, -0.2) is 0 Å². The van der Waals surface area contributed by atoms with E-state index in [4.69, 9.17) is 10.1 Å². The maximum atomic E-state index is 13.2. The molecule has 0 fully saturated rings. The molecule has 0 bridgehead atoms. The Morgan fingerprint density at radius 2 is 1.71 bits per heavy atom. The van der Waals surface area contributed by atoms with Gasteiger partial charge in [0, 0.05) is 0 Å². The number of halogens is 3. The van der Waals surface area contributed by atoms with Crippen molar-refractivity contribution in [3.63, 3.8) is 0 Å². The van der Waals surface area contributed by atoms with Crippen molar-refractivity contribution in [2.45, 2.75) is 51.6 Å². The smallest absolute Gasteiger partial charge is 0.416 e. The molecule has 5 heteroatoms. The zero-order valence-corrected chi connectivity index (χ0v) is 12.7. The first kappa shape index (κ1) is 17.5. The number of rotatable bonds is 6. The first-order chi connectivity index (χ1) is 9.77. The molecule has 0 aliphatic carbocycles. The fraction of sp³-hybridized carbons (Fsp3) is 0.562. The third-order valence-corrected chi connectivity index (χ3v) is 3.65. The highest BCUT2D eigenvalue weighted by Crippen LogP contribution is 2.40. The summed E-state index contributed by atoms with van der Waals surface area (Å²) in [6.45, 7) is 5.63. The molecular weight excluding hydrogens is 279 g/mol. The van der Waals surface area contributed by atoms with Gasteiger partial charge in [0.15, 0.2) is 5.90 Å². The molecule has 0 amide bonds. The summed E-state index contributed by atoms with van der Waals surface area (Å²) >= 11 is 0. The predicted octanol–water partition coefficient (Wildman–Crippen LogP) is 5.17. The van der Waals surface area contributed by atoms with Crippen molar-refractivity contribution >= 4 is 5.90 Å². The quantitative estimate of drug-likeness (QED) is 0.571. The number of alkyl halides is 3. The minimum Gasteiger partial charge on any atom is -0.481 e. The van der Waals surface area contributed by atoms with Crippen molar-refractivity contribution in [3.8, 4) is 0 Å². The van der Waals surface area contributed by atoms with Gasteiger partial charge in [-0.3, -0.25) is 5.41 Å². The van der Waals surface area contributed by atoms with Gasteiger partial charge in [0.05, 0.1) is 17.6 Å². The minimum atomic E-state index is -4.43. The summed E-state index contributed by atoms with van der Waals surface area (Å²) in [5.74, 6) is -0.102. The summed E-state index contributed by atoms with van der Waals surface area (Å²) in [5, 5.41) is 8.07. The second-order valence-corrected chi connectivity index (χ2v) is 5.24. The van der Waals surface area contributed by atoms with Crippen molar-refractivity contribution < 1.29 is 17.9 Å². The maximum Gasteiger partial charge on any atom is 0.416 e. The molecule has 21 heavy (non-hydrogen) atoms. The van der Waals surface area contributed by atoms with Crippen LogP contribution < -0.4 is 0 Å². The summed E-state index contributed by atoms with van der Waals surface area (Å²) < 4.78 is 45.0. The van der Waals surface area contributed by atoms with E-state index >= 15 is 0 Å². The summed E-state index contributed by atoms with van der Waals surface area (Å²) in [5.41, 5.74) is -1.63. The number of hydrogen-bond donors (Lipinski definition) is 1. The Morgan fingerprint density at radius 1 is 1.14 bits per heavy atom. The fourth-order valence-corrected chi connectivity index (χ4v) is 2.42. The van der Waals surface area contributed by atoms with Crippen LogP contribution in [0.25, 0.3) is 0 Å². The first-order valence-corrected chi connectivity index (χ1v) is 7.15. The highest BCUT2D eigenvalue weighted by atomic mass is 19.4. The van der Waals surface area contributed by atoms with E-state index in [1.165, 1.54) is 12.1 Å². The van der Waals surface area contributed by atoms with Crippen LogP contribution in [0.4, 0.5) is 13.2 Å². The van der Waals surface area contributed by atoms with E-state index in [-0.39, 0.29) is 18.1 Å². The predicted molar refractivity (Wildman–Crippen MR) is 77.7 cm³/mol. The van der Waals surface area contributed by atoms with E-state index in [9.17, 15) is 13.2 Å². The molecule has 1 atom stereocenters. The van der Waals surface area contributed by atoms with Crippen LogP contribution in [0.1, 0.15) is 51.2 Å². The number of ether oxygens (including phenoxy) is 1. The van der Waals surface area contributed by atoms with Crippen LogP contribution in [0.3, 0.4) is 0 Å². The Morgan fingerprint density at radius 3 is 2.19 bits per heavy atom. The molecule has 2 nitrogen and oxygen atoms in total. The molecule has 0 spiro atoms. The molecule has 0 aliphatic rings. The maximum absolute atomic E-state index is 13.2. The molecule has 0 aromatic heterocycles. The molecule has 0 saturated carbocycles. The molecular formula is C16H22F3NO. The molecule has 1 aromatic carbocycles. The second-order valence-electron chi connectivity index (χ2n) is 5.24. The van der Waals surface area contributed by atoms with Gasteiger partial charge < -0.3 is 4.74 Å². The third-order valence-electron chi connectivity index (χ3n) is 3.65. The molecule has 0 heterocycles. The van der Waals surface area contributed by atoms with Crippen LogP contribution in [-0.2, 0) is 16.3 Å². The van der Waals surface area contributed by atoms with E-state index in [0.29, 0.717) is 6.42 Å². The molecule has 1 rings (SSSR count). The molecule has 0 aliphatic heterocycles. The van der Waals surface area contributed by atoms with Gasteiger partial charge in [-0.1, -0.05) is 38.0 Å². The number of unbranched alkanes of at least 4 members (excludes halogenated alkanes) is 1. The molecule has 1 unspecified atom stereocenters. The summed E-state index contributed by atoms with van der Waals surface area (Å²) in [7, 11) is 0. The van der Waals surface area contributed by atoms with Crippen molar-refractivity contribution in [2.24, 2.45) is 0 Å². The SMILES string of the molecule is CCCCC(C)(C(=N)OCC)c1ccccc1C(F)(F)F. The third kappa shape index (κ3) is 3.99. The van der Waals surface area contributed by atoms with Gasteiger partial charge in [0.25, 0.3) is 0 Å². The van der Waals surface area contributed by atoms with E-state index < -0.39 is 17.2 Å². The van der Waals surface area contributed by atoms with Gasteiger partial charge in [-0.05, 0) is 31.9 Å². The fourth-order valence-electron chi connectivity index (χ4n) is 2.42. The Bertz CT molecular complexity index is 485. The van der Waals surface area contributed by atoms with Gasteiger partial charge in [0.2, 0.25) is 0 Å². The van der Waals surface area contributed by atoms with Gasteiger partial charge in [-0.2, -0.15) is 13.2 Å². The molecule has 1 N–H and O–H groups in total. The highest BCUT2D eigenvalue weighted by Gasteiger charge is 2.42. The summed E-state index contributed by atoms with van der Waals surface area (Å²) in [4.78, 5) is 0. The van der Waals surface area contributed by atoms with E-state index in [0.717, 1.165) is 18.9 Å². The lowest BCUT2D eigenvalue weighted by Gasteiger charge is -2.32. The van der Waals surface area contributed by atoms with Crippen LogP contribution in [-0.4, -0.2) is 12.5 Å². The average molecular weight is 301 g/mol. The zero-order chi connectivity index (χ0) is 16.1. The Hall–Kier alpha value is -1.52. The van der Waals surface area contributed by atoms with Crippen molar-refractivity contribution in [1.29, 1.82) is 5.41 Å². The molecule has 1 aromatic rings. The van der Waals surface area contributed by atoms with E-state index in [2.05, 4.69) is 0 Å².